The molecule has 3 nitrogen and oxygen atoms in total. The molecule has 21 heavy (non-hydrogen) atoms. The van der Waals surface area contributed by atoms with Crippen LogP contribution in [0.1, 0.15) is 28.4 Å². The van der Waals surface area contributed by atoms with Crippen molar-refractivity contribution in [2.24, 2.45) is 0 Å². The number of halogens is 2. The van der Waals surface area contributed by atoms with E-state index in [2.05, 4.69) is 5.32 Å². The Labute approximate surface area is 127 Å². The van der Waals surface area contributed by atoms with E-state index < -0.39 is 11.7 Å². The number of rotatable bonds is 5. The summed E-state index contributed by atoms with van der Waals surface area (Å²) in [7, 11) is 0. The van der Waals surface area contributed by atoms with Gasteiger partial charge in [0, 0.05) is 6.61 Å². The van der Waals surface area contributed by atoms with Crippen molar-refractivity contribution in [1.29, 1.82) is 0 Å². The third-order valence-electron chi connectivity index (χ3n) is 3.12. The molecule has 0 spiro atoms. The Balaban J connectivity index is 2.21. The second-order valence-electron chi connectivity index (χ2n) is 4.55. The summed E-state index contributed by atoms with van der Waals surface area (Å²) in [6.07, 6.45) is 0.345. The molecule has 1 unspecified atom stereocenters. The Kier molecular flexibility index (Phi) is 5.31. The molecule has 0 fully saturated rings. The molecule has 0 aliphatic carbocycles. The van der Waals surface area contributed by atoms with Gasteiger partial charge in [-0.05, 0) is 24.1 Å². The molecular weight excluding hydrogens is 293 g/mol. The molecule has 0 radical (unpaired) electrons. The van der Waals surface area contributed by atoms with Gasteiger partial charge in [-0.25, -0.2) is 4.39 Å². The smallest absolute Gasteiger partial charge is 0.254 e. The van der Waals surface area contributed by atoms with Gasteiger partial charge in [-0.3, -0.25) is 4.79 Å². The highest BCUT2D eigenvalue weighted by atomic mass is 35.5. The quantitative estimate of drug-likeness (QED) is 0.890. The Morgan fingerprint density at radius 1 is 1.19 bits per heavy atom. The van der Waals surface area contributed by atoms with Crippen LogP contribution in [0.4, 0.5) is 4.39 Å². The first kappa shape index (κ1) is 15.5. The van der Waals surface area contributed by atoms with Crippen LogP contribution in [0.2, 0.25) is 5.02 Å². The average Bonchev–Trinajstić information content (AvgIpc) is 2.50. The number of carbonyl (C=O) groups is 1. The van der Waals surface area contributed by atoms with E-state index in [4.69, 9.17) is 16.7 Å². The molecule has 0 saturated heterocycles. The molecule has 0 bridgehead atoms. The molecule has 2 rings (SSSR count). The fourth-order valence-corrected chi connectivity index (χ4v) is 2.23. The summed E-state index contributed by atoms with van der Waals surface area (Å²) >= 11 is 5.68. The summed E-state index contributed by atoms with van der Waals surface area (Å²) < 4.78 is 13.8. The molecule has 0 aromatic heterocycles. The summed E-state index contributed by atoms with van der Waals surface area (Å²) in [4.78, 5) is 12.2. The van der Waals surface area contributed by atoms with Crippen LogP contribution < -0.4 is 5.32 Å². The number of amides is 1. The molecule has 1 atom stereocenters. The van der Waals surface area contributed by atoms with Gasteiger partial charge >= 0.3 is 0 Å². The highest BCUT2D eigenvalue weighted by molar-refractivity contribution is 6.31. The van der Waals surface area contributed by atoms with E-state index in [1.54, 1.807) is 0 Å². The largest absolute Gasteiger partial charge is 0.396 e. The molecule has 0 aliphatic heterocycles. The molecule has 0 aliphatic rings. The summed E-state index contributed by atoms with van der Waals surface area (Å²) in [5.74, 6) is -1.30. The lowest BCUT2D eigenvalue weighted by atomic mass is 10.0. The highest BCUT2D eigenvalue weighted by Gasteiger charge is 2.18. The predicted octanol–water partition coefficient (Wildman–Crippen LogP) is 3.33. The van der Waals surface area contributed by atoms with Crippen molar-refractivity contribution in [3.8, 4) is 0 Å². The first-order valence-electron chi connectivity index (χ1n) is 6.54. The SMILES string of the molecule is O=C(NC(CCO)c1ccccc1)c1cccc(Cl)c1F. The number of aliphatic hydroxyl groups is 1. The van der Waals surface area contributed by atoms with Crippen LogP contribution in [0.15, 0.2) is 48.5 Å². The lowest BCUT2D eigenvalue weighted by Crippen LogP contribution is -2.30. The second kappa shape index (κ2) is 7.20. The van der Waals surface area contributed by atoms with Crippen LogP contribution in [0, 0.1) is 5.82 Å². The zero-order valence-corrected chi connectivity index (χ0v) is 12.0. The van der Waals surface area contributed by atoms with Crippen molar-refractivity contribution in [2.75, 3.05) is 6.61 Å². The molecule has 0 heterocycles. The van der Waals surface area contributed by atoms with Crippen molar-refractivity contribution in [3.05, 3.63) is 70.5 Å². The normalized spacial score (nSPS) is 12.0. The Bertz CT molecular complexity index is 619. The van der Waals surface area contributed by atoms with E-state index in [-0.39, 0.29) is 23.2 Å². The van der Waals surface area contributed by atoms with Gasteiger partial charge in [0.05, 0.1) is 16.6 Å². The summed E-state index contributed by atoms with van der Waals surface area (Å²) in [6.45, 7) is -0.0854. The lowest BCUT2D eigenvalue weighted by molar-refractivity contribution is 0.0926. The number of carbonyl (C=O) groups excluding carboxylic acids is 1. The van der Waals surface area contributed by atoms with Gasteiger partial charge < -0.3 is 10.4 Å². The van der Waals surface area contributed by atoms with Crippen molar-refractivity contribution >= 4 is 17.5 Å². The van der Waals surface area contributed by atoms with Gasteiger partial charge in [-0.2, -0.15) is 0 Å². The van der Waals surface area contributed by atoms with E-state index >= 15 is 0 Å². The van der Waals surface area contributed by atoms with Crippen molar-refractivity contribution in [1.82, 2.24) is 5.32 Å². The van der Waals surface area contributed by atoms with E-state index in [9.17, 15) is 9.18 Å². The zero-order chi connectivity index (χ0) is 15.2. The minimum Gasteiger partial charge on any atom is -0.396 e. The van der Waals surface area contributed by atoms with E-state index in [1.165, 1.54) is 18.2 Å². The number of nitrogens with one attached hydrogen (secondary N) is 1. The Morgan fingerprint density at radius 2 is 1.90 bits per heavy atom. The summed E-state index contributed by atoms with van der Waals surface area (Å²) in [6, 6.07) is 13.1. The van der Waals surface area contributed by atoms with Crippen molar-refractivity contribution in [2.45, 2.75) is 12.5 Å². The number of hydrogen-bond donors (Lipinski definition) is 2. The van der Waals surface area contributed by atoms with Crippen LogP contribution >= 0.6 is 11.6 Å². The molecule has 2 aromatic rings. The molecule has 2 N–H and O–H groups in total. The lowest BCUT2D eigenvalue weighted by Gasteiger charge is -2.18. The predicted molar refractivity (Wildman–Crippen MR) is 79.8 cm³/mol. The molecule has 110 valence electrons. The first-order chi connectivity index (χ1) is 10.1. The topological polar surface area (TPSA) is 49.3 Å². The maximum atomic E-state index is 13.8. The highest BCUT2D eigenvalue weighted by Crippen LogP contribution is 2.20. The molecule has 5 heteroatoms. The maximum Gasteiger partial charge on any atom is 0.254 e. The van der Waals surface area contributed by atoms with Crippen molar-refractivity contribution < 1.29 is 14.3 Å². The van der Waals surface area contributed by atoms with Crippen LogP contribution in [0.3, 0.4) is 0 Å². The van der Waals surface area contributed by atoms with Gasteiger partial charge in [0.1, 0.15) is 0 Å². The summed E-state index contributed by atoms with van der Waals surface area (Å²) in [5.41, 5.74) is 0.740. The third-order valence-corrected chi connectivity index (χ3v) is 3.41. The standard InChI is InChI=1S/C16H15ClFNO2/c17-13-8-4-7-12(15(13)18)16(21)19-14(9-10-20)11-5-2-1-3-6-11/h1-8,14,20H,9-10H2,(H,19,21). The third kappa shape index (κ3) is 3.80. The Hall–Kier alpha value is -1.91. The Morgan fingerprint density at radius 3 is 2.57 bits per heavy atom. The average molecular weight is 308 g/mol. The van der Waals surface area contributed by atoms with E-state index in [0.717, 1.165) is 5.56 Å². The van der Waals surface area contributed by atoms with E-state index in [1.807, 2.05) is 30.3 Å². The monoisotopic (exact) mass is 307 g/mol. The van der Waals surface area contributed by atoms with Gasteiger partial charge in [-0.1, -0.05) is 48.0 Å². The number of benzene rings is 2. The van der Waals surface area contributed by atoms with Crippen LogP contribution in [-0.4, -0.2) is 17.6 Å². The maximum absolute atomic E-state index is 13.8. The molecule has 0 saturated carbocycles. The summed E-state index contributed by atoms with van der Waals surface area (Å²) in [5, 5.41) is 11.8. The van der Waals surface area contributed by atoms with Crippen LogP contribution in [0.25, 0.3) is 0 Å². The van der Waals surface area contributed by atoms with Gasteiger partial charge in [-0.15, -0.1) is 0 Å². The van der Waals surface area contributed by atoms with Crippen LogP contribution in [-0.2, 0) is 0 Å². The molecule has 1 amide bonds. The second-order valence-corrected chi connectivity index (χ2v) is 4.96. The minimum atomic E-state index is -0.743. The zero-order valence-electron chi connectivity index (χ0n) is 11.2. The first-order valence-corrected chi connectivity index (χ1v) is 6.92. The fraction of sp³-hybridized carbons (Fsp3) is 0.188. The number of aliphatic hydroxyl groups excluding tert-OH is 1. The minimum absolute atomic E-state index is 0.0854. The molecule has 2 aromatic carbocycles. The van der Waals surface area contributed by atoms with Gasteiger partial charge in [0.2, 0.25) is 0 Å². The molecular formula is C16H15ClFNO2. The van der Waals surface area contributed by atoms with E-state index in [0.29, 0.717) is 6.42 Å². The number of hydrogen-bond acceptors (Lipinski definition) is 2. The van der Waals surface area contributed by atoms with Crippen molar-refractivity contribution in [3.63, 3.8) is 0 Å². The van der Waals surface area contributed by atoms with Crippen LogP contribution in [0.5, 0.6) is 0 Å². The van der Waals surface area contributed by atoms with Gasteiger partial charge in [0.15, 0.2) is 5.82 Å². The fourth-order valence-electron chi connectivity index (χ4n) is 2.05. The van der Waals surface area contributed by atoms with Gasteiger partial charge in [0.25, 0.3) is 5.91 Å².